The summed E-state index contributed by atoms with van der Waals surface area (Å²) in [6.45, 7) is 3.96. The minimum atomic E-state index is -0.308. The van der Waals surface area contributed by atoms with Crippen LogP contribution in [0.25, 0.3) is 11.3 Å². The van der Waals surface area contributed by atoms with E-state index in [2.05, 4.69) is 15.7 Å². The second-order valence-electron chi connectivity index (χ2n) is 8.45. The van der Waals surface area contributed by atoms with Crippen LogP contribution in [0.3, 0.4) is 0 Å². The molecule has 33 heavy (non-hydrogen) atoms. The number of nitrogens with one attached hydrogen (secondary N) is 2. The summed E-state index contributed by atoms with van der Waals surface area (Å²) in [4.78, 5) is 25.3. The second kappa shape index (κ2) is 9.67. The van der Waals surface area contributed by atoms with Crippen LogP contribution in [0.5, 0.6) is 5.75 Å². The minimum absolute atomic E-state index is 0.0314. The van der Waals surface area contributed by atoms with Crippen molar-refractivity contribution in [2.75, 3.05) is 5.32 Å². The van der Waals surface area contributed by atoms with E-state index in [1.807, 2.05) is 19.9 Å². The predicted molar refractivity (Wildman–Crippen MR) is 129 cm³/mol. The van der Waals surface area contributed by atoms with E-state index in [1.54, 1.807) is 36.4 Å². The molecule has 1 aliphatic rings. The van der Waals surface area contributed by atoms with Gasteiger partial charge < -0.3 is 15.7 Å². The van der Waals surface area contributed by atoms with Gasteiger partial charge in [-0.3, -0.25) is 4.79 Å². The van der Waals surface area contributed by atoms with Crippen LogP contribution in [0.2, 0.25) is 5.02 Å². The molecule has 1 saturated carbocycles. The van der Waals surface area contributed by atoms with Crippen LogP contribution in [-0.2, 0) is 0 Å². The smallest absolute Gasteiger partial charge is 0.342 e. The quantitative estimate of drug-likeness (QED) is 0.428. The highest BCUT2D eigenvalue weighted by atomic mass is 35.5. The van der Waals surface area contributed by atoms with E-state index in [4.69, 9.17) is 11.6 Å². The highest BCUT2D eigenvalue weighted by Crippen LogP contribution is 2.39. The number of anilines is 1. The number of rotatable bonds is 6. The molecule has 4 rings (SSSR count). The number of amides is 2. The first-order valence-corrected chi connectivity index (χ1v) is 11.5. The molecule has 8 heteroatoms. The Labute approximate surface area is 197 Å². The summed E-state index contributed by atoms with van der Waals surface area (Å²) in [5, 5.41) is 21.5. The summed E-state index contributed by atoms with van der Waals surface area (Å²) in [6, 6.07) is 13.1. The van der Waals surface area contributed by atoms with Crippen molar-refractivity contribution in [2.24, 2.45) is 0 Å². The van der Waals surface area contributed by atoms with Crippen molar-refractivity contribution in [2.45, 2.75) is 51.5 Å². The fraction of sp³-hybridized carbons (Fsp3) is 0.320. The van der Waals surface area contributed by atoms with Crippen LogP contribution in [0.4, 0.5) is 10.5 Å². The molecule has 1 fully saturated rings. The van der Waals surface area contributed by atoms with Crippen molar-refractivity contribution >= 4 is 29.2 Å². The number of phenolic OH excluding ortho intramolecular Hbond substituents is 1. The molecule has 3 aromatic rings. The van der Waals surface area contributed by atoms with Crippen LogP contribution in [0.1, 0.15) is 61.5 Å². The molecule has 172 valence electrons. The van der Waals surface area contributed by atoms with Gasteiger partial charge in [-0.05, 0) is 68.7 Å². The fourth-order valence-corrected chi connectivity index (χ4v) is 3.82. The molecule has 0 bridgehead atoms. The third kappa shape index (κ3) is 5.03. The van der Waals surface area contributed by atoms with Gasteiger partial charge in [0.05, 0.1) is 11.4 Å². The number of hydrogen-bond acceptors (Lipinski definition) is 4. The molecule has 0 radical (unpaired) electrons. The summed E-state index contributed by atoms with van der Waals surface area (Å²) in [5.74, 6) is -0.0536. The van der Waals surface area contributed by atoms with Crippen LogP contribution in [-0.4, -0.2) is 32.9 Å². The zero-order valence-electron chi connectivity index (χ0n) is 18.6. The van der Waals surface area contributed by atoms with Crippen LogP contribution in [0, 0.1) is 0 Å². The molecule has 1 aliphatic carbocycles. The van der Waals surface area contributed by atoms with Crippen molar-refractivity contribution in [3.8, 4) is 17.0 Å². The lowest BCUT2D eigenvalue weighted by molar-refractivity contribution is 0.102. The molecule has 1 unspecified atom stereocenters. The standard InChI is InChI=1S/C25H27ClN4O3/c1-3-15(2)27-25(33)30-22(16-5-4-6-16)14-21(29-30)20-12-11-19(13-23(20)31)28-24(32)17-7-9-18(26)10-8-17/h7-16,31H,3-6H2,1-2H3,(H,27,33)(H,28,32). The monoisotopic (exact) mass is 466 g/mol. The number of carbonyl (C=O) groups excluding carboxylic acids is 2. The highest BCUT2D eigenvalue weighted by molar-refractivity contribution is 6.30. The van der Waals surface area contributed by atoms with Crippen molar-refractivity contribution in [3.63, 3.8) is 0 Å². The number of hydrogen-bond donors (Lipinski definition) is 3. The van der Waals surface area contributed by atoms with E-state index in [0.29, 0.717) is 27.5 Å². The number of carbonyl (C=O) groups is 2. The molecule has 0 saturated heterocycles. The number of aromatic nitrogens is 2. The second-order valence-corrected chi connectivity index (χ2v) is 8.88. The predicted octanol–water partition coefficient (Wildman–Crippen LogP) is 5.79. The maximum atomic E-state index is 12.8. The minimum Gasteiger partial charge on any atom is -0.507 e. The van der Waals surface area contributed by atoms with Crippen molar-refractivity contribution < 1.29 is 14.7 Å². The van der Waals surface area contributed by atoms with E-state index in [9.17, 15) is 14.7 Å². The number of nitrogens with zero attached hydrogens (tertiary/aromatic N) is 2. The molecule has 1 aromatic heterocycles. The summed E-state index contributed by atoms with van der Waals surface area (Å²) >= 11 is 5.87. The topological polar surface area (TPSA) is 96.3 Å². The van der Waals surface area contributed by atoms with Gasteiger partial charge in [0, 0.05) is 39.9 Å². The molecule has 0 spiro atoms. The van der Waals surface area contributed by atoms with Crippen LogP contribution in [0.15, 0.2) is 48.5 Å². The molecule has 2 aromatic carbocycles. The first-order chi connectivity index (χ1) is 15.9. The zero-order chi connectivity index (χ0) is 23.5. The van der Waals surface area contributed by atoms with E-state index in [0.717, 1.165) is 31.4 Å². The van der Waals surface area contributed by atoms with E-state index < -0.39 is 0 Å². The fourth-order valence-electron chi connectivity index (χ4n) is 3.69. The maximum Gasteiger partial charge on any atom is 0.342 e. The van der Waals surface area contributed by atoms with Crippen LogP contribution >= 0.6 is 11.6 Å². The molecule has 7 nitrogen and oxygen atoms in total. The lowest BCUT2D eigenvalue weighted by Gasteiger charge is -2.25. The maximum absolute atomic E-state index is 12.8. The van der Waals surface area contributed by atoms with Gasteiger partial charge in [0.2, 0.25) is 0 Å². The zero-order valence-corrected chi connectivity index (χ0v) is 19.4. The Morgan fingerprint density at radius 1 is 1.18 bits per heavy atom. The Kier molecular flexibility index (Phi) is 6.70. The molecular weight excluding hydrogens is 440 g/mol. The molecule has 0 aliphatic heterocycles. The largest absolute Gasteiger partial charge is 0.507 e. The van der Waals surface area contributed by atoms with Crippen molar-refractivity contribution in [3.05, 3.63) is 64.8 Å². The van der Waals surface area contributed by atoms with Gasteiger partial charge in [0.15, 0.2) is 0 Å². The Morgan fingerprint density at radius 3 is 2.52 bits per heavy atom. The van der Waals surface area contributed by atoms with Gasteiger partial charge in [0.25, 0.3) is 5.91 Å². The molecule has 3 N–H and O–H groups in total. The highest BCUT2D eigenvalue weighted by Gasteiger charge is 2.28. The Hall–Kier alpha value is -3.32. The Morgan fingerprint density at radius 2 is 1.91 bits per heavy atom. The molecule has 1 heterocycles. The van der Waals surface area contributed by atoms with Gasteiger partial charge in [-0.1, -0.05) is 24.9 Å². The summed E-state index contributed by atoms with van der Waals surface area (Å²) in [7, 11) is 0. The molecule has 1 atom stereocenters. The lowest BCUT2D eigenvalue weighted by atomic mass is 9.82. The summed E-state index contributed by atoms with van der Waals surface area (Å²) in [6.07, 6.45) is 3.99. The number of phenols is 1. The number of halogens is 1. The summed E-state index contributed by atoms with van der Waals surface area (Å²) < 4.78 is 1.43. The van der Waals surface area contributed by atoms with E-state index in [-0.39, 0.29) is 29.6 Å². The number of aromatic hydroxyl groups is 1. The van der Waals surface area contributed by atoms with E-state index in [1.165, 1.54) is 10.7 Å². The van der Waals surface area contributed by atoms with Gasteiger partial charge in [-0.15, -0.1) is 0 Å². The Bertz CT molecular complexity index is 1170. The molecule has 2 amide bonds. The third-order valence-corrected chi connectivity index (χ3v) is 6.32. The average molecular weight is 467 g/mol. The normalized spacial score (nSPS) is 14.4. The first kappa shape index (κ1) is 22.9. The van der Waals surface area contributed by atoms with Gasteiger partial charge >= 0.3 is 6.03 Å². The van der Waals surface area contributed by atoms with Crippen molar-refractivity contribution in [1.29, 1.82) is 0 Å². The van der Waals surface area contributed by atoms with Crippen LogP contribution < -0.4 is 10.6 Å². The van der Waals surface area contributed by atoms with Gasteiger partial charge in [0.1, 0.15) is 5.75 Å². The average Bonchev–Trinajstić information content (AvgIpc) is 3.17. The summed E-state index contributed by atoms with van der Waals surface area (Å²) in [5.41, 5.74) is 2.78. The SMILES string of the molecule is CCC(C)NC(=O)n1nc(-c2ccc(NC(=O)c3ccc(Cl)cc3)cc2O)cc1C1CCC1. The third-order valence-electron chi connectivity index (χ3n) is 6.07. The van der Waals surface area contributed by atoms with Gasteiger partial charge in [-0.2, -0.15) is 9.78 Å². The van der Waals surface area contributed by atoms with Crippen molar-refractivity contribution in [1.82, 2.24) is 15.1 Å². The number of benzene rings is 2. The van der Waals surface area contributed by atoms with E-state index >= 15 is 0 Å². The Balaban J connectivity index is 1.58. The molecular formula is C25H27ClN4O3. The lowest BCUT2D eigenvalue weighted by Crippen LogP contribution is -2.37. The first-order valence-electron chi connectivity index (χ1n) is 11.2. The van der Waals surface area contributed by atoms with Gasteiger partial charge in [-0.25, -0.2) is 4.79 Å².